The zero-order chi connectivity index (χ0) is 13.9. The van der Waals surface area contributed by atoms with Crippen molar-refractivity contribution in [2.75, 3.05) is 6.54 Å². The fourth-order valence-corrected chi connectivity index (χ4v) is 2.41. The SMILES string of the molecule is CC(C)(C)NCCCCC1Cc2cc(F)ccc2O1. The van der Waals surface area contributed by atoms with E-state index < -0.39 is 0 Å². The Morgan fingerprint density at radius 3 is 2.84 bits per heavy atom. The summed E-state index contributed by atoms with van der Waals surface area (Å²) >= 11 is 0. The number of benzene rings is 1. The Morgan fingerprint density at radius 1 is 1.32 bits per heavy atom. The normalized spacial score (nSPS) is 18.2. The molecule has 1 aromatic carbocycles. The van der Waals surface area contributed by atoms with Gasteiger partial charge in [-0.25, -0.2) is 4.39 Å². The maximum Gasteiger partial charge on any atom is 0.123 e. The van der Waals surface area contributed by atoms with Gasteiger partial charge in [-0.2, -0.15) is 0 Å². The maximum absolute atomic E-state index is 13.1. The molecule has 3 heteroatoms. The lowest BCUT2D eigenvalue weighted by molar-refractivity contribution is 0.216. The van der Waals surface area contributed by atoms with Crippen LogP contribution in [0.15, 0.2) is 18.2 Å². The highest BCUT2D eigenvalue weighted by Crippen LogP contribution is 2.31. The van der Waals surface area contributed by atoms with E-state index in [-0.39, 0.29) is 17.5 Å². The predicted octanol–water partition coefficient (Wildman–Crippen LogP) is 3.69. The molecule has 0 aliphatic carbocycles. The molecule has 2 rings (SSSR count). The number of hydrogen-bond acceptors (Lipinski definition) is 2. The van der Waals surface area contributed by atoms with E-state index in [0.717, 1.165) is 43.5 Å². The summed E-state index contributed by atoms with van der Waals surface area (Å²) in [5, 5.41) is 3.48. The smallest absolute Gasteiger partial charge is 0.123 e. The Balaban J connectivity index is 1.67. The number of nitrogens with one attached hydrogen (secondary N) is 1. The Bertz CT molecular complexity index is 425. The van der Waals surface area contributed by atoms with Gasteiger partial charge in [0.1, 0.15) is 17.7 Å². The topological polar surface area (TPSA) is 21.3 Å². The third-order valence-corrected chi connectivity index (χ3v) is 3.37. The molecule has 1 aliphatic rings. The van der Waals surface area contributed by atoms with Crippen LogP contribution < -0.4 is 10.1 Å². The number of unbranched alkanes of at least 4 members (excludes halogenated alkanes) is 1. The summed E-state index contributed by atoms with van der Waals surface area (Å²) in [6, 6.07) is 4.80. The molecular weight excluding hydrogens is 241 g/mol. The van der Waals surface area contributed by atoms with Crippen LogP contribution in [0.2, 0.25) is 0 Å². The van der Waals surface area contributed by atoms with Crippen LogP contribution in [0.3, 0.4) is 0 Å². The summed E-state index contributed by atoms with van der Waals surface area (Å²) < 4.78 is 18.9. The lowest BCUT2D eigenvalue weighted by Gasteiger charge is -2.20. The molecule has 0 amide bonds. The van der Waals surface area contributed by atoms with Crippen LogP contribution in [-0.2, 0) is 6.42 Å². The fraction of sp³-hybridized carbons (Fsp3) is 0.625. The first-order valence-electron chi connectivity index (χ1n) is 7.14. The summed E-state index contributed by atoms with van der Waals surface area (Å²) in [7, 11) is 0. The van der Waals surface area contributed by atoms with Crippen LogP contribution in [0.4, 0.5) is 4.39 Å². The molecule has 0 radical (unpaired) electrons. The van der Waals surface area contributed by atoms with Crippen molar-refractivity contribution in [3.05, 3.63) is 29.6 Å². The molecule has 0 saturated carbocycles. The molecular formula is C16H24FNO. The molecule has 0 aromatic heterocycles. The summed E-state index contributed by atoms with van der Waals surface area (Å²) in [5.41, 5.74) is 1.20. The Morgan fingerprint density at radius 2 is 2.11 bits per heavy atom. The van der Waals surface area contributed by atoms with E-state index in [1.807, 2.05) is 0 Å². The third kappa shape index (κ3) is 4.50. The van der Waals surface area contributed by atoms with Crippen LogP contribution in [0.5, 0.6) is 5.75 Å². The Kier molecular flexibility index (Phi) is 4.46. The number of ether oxygens (including phenoxy) is 1. The average molecular weight is 265 g/mol. The van der Waals surface area contributed by atoms with Gasteiger partial charge in [0.2, 0.25) is 0 Å². The van der Waals surface area contributed by atoms with Gasteiger partial charge < -0.3 is 10.1 Å². The van der Waals surface area contributed by atoms with Crippen molar-refractivity contribution in [1.29, 1.82) is 0 Å². The minimum absolute atomic E-state index is 0.169. The third-order valence-electron chi connectivity index (χ3n) is 3.37. The standard InChI is InChI=1S/C16H24FNO/c1-16(2,3)18-9-5-4-6-14-11-12-10-13(17)7-8-15(12)19-14/h7-8,10,14,18H,4-6,9,11H2,1-3H3. The van der Waals surface area contributed by atoms with Crippen LogP contribution >= 0.6 is 0 Å². The summed E-state index contributed by atoms with van der Waals surface area (Å²) in [4.78, 5) is 0. The minimum atomic E-state index is -0.169. The van der Waals surface area contributed by atoms with E-state index in [4.69, 9.17) is 4.74 Å². The molecule has 1 aliphatic heterocycles. The first-order chi connectivity index (χ1) is 8.94. The molecule has 19 heavy (non-hydrogen) atoms. The highest BCUT2D eigenvalue weighted by atomic mass is 19.1. The van der Waals surface area contributed by atoms with E-state index in [1.165, 1.54) is 6.07 Å². The molecule has 1 aromatic rings. The second-order valence-electron chi connectivity index (χ2n) is 6.37. The van der Waals surface area contributed by atoms with Crippen LogP contribution in [-0.4, -0.2) is 18.2 Å². The van der Waals surface area contributed by atoms with Crippen molar-refractivity contribution < 1.29 is 9.13 Å². The van der Waals surface area contributed by atoms with Gasteiger partial charge >= 0.3 is 0 Å². The average Bonchev–Trinajstić information content (AvgIpc) is 2.68. The lowest BCUT2D eigenvalue weighted by atomic mass is 10.0. The van der Waals surface area contributed by atoms with Crippen molar-refractivity contribution >= 4 is 0 Å². The molecule has 1 heterocycles. The quantitative estimate of drug-likeness (QED) is 0.820. The molecule has 0 spiro atoms. The Labute approximate surface area is 115 Å². The van der Waals surface area contributed by atoms with Gasteiger partial charge in [0.05, 0.1) is 0 Å². The van der Waals surface area contributed by atoms with E-state index in [9.17, 15) is 4.39 Å². The van der Waals surface area contributed by atoms with Crippen molar-refractivity contribution in [1.82, 2.24) is 5.32 Å². The van der Waals surface area contributed by atoms with Gasteiger partial charge in [0.15, 0.2) is 0 Å². The van der Waals surface area contributed by atoms with Gasteiger partial charge in [-0.15, -0.1) is 0 Å². The second kappa shape index (κ2) is 5.91. The monoisotopic (exact) mass is 265 g/mol. The van der Waals surface area contributed by atoms with Gasteiger partial charge in [-0.05, 0) is 64.8 Å². The van der Waals surface area contributed by atoms with Crippen molar-refractivity contribution in [2.24, 2.45) is 0 Å². The number of halogens is 1. The van der Waals surface area contributed by atoms with Crippen molar-refractivity contribution in [3.8, 4) is 5.75 Å². The molecule has 1 unspecified atom stereocenters. The van der Waals surface area contributed by atoms with E-state index in [0.29, 0.717) is 0 Å². The minimum Gasteiger partial charge on any atom is -0.490 e. The predicted molar refractivity (Wildman–Crippen MR) is 76.1 cm³/mol. The molecule has 0 saturated heterocycles. The molecule has 2 nitrogen and oxygen atoms in total. The fourth-order valence-electron chi connectivity index (χ4n) is 2.41. The largest absolute Gasteiger partial charge is 0.490 e. The van der Waals surface area contributed by atoms with Gasteiger partial charge in [0, 0.05) is 17.5 Å². The van der Waals surface area contributed by atoms with Crippen LogP contribution in [0.1, 0.15) is 45.6 Å². The number of fused-ring (bicyclic) bond motifs is 1. The molecule has 1 atom stereocenters. The first kappa shape index (κ1) is 14.3. The summed E-state index contributed by atoms with van der Waals surface area (Å²) in [6.45, 7) is 7.58. The summed E-state index contributed by atoms with van der Waals surface area (Å²) in [6.07, 6.45) is 4.42. The Hall–Kier alpha value is -1.09. The van der Waals surface area contributed by atoms with E-state index in [1.54, 1.807) is 12.1 Å². The van der Waals surface area contributed by atoms with Gasteiger partial charge in [-0.3, -0.25) is 0 Å². The van der Waals surface area contributed by atoms with E-state index >= 15 is 0 Å². The number of rotatable bonds is 5. The van der Waals surface area contributed by atoms with Crippen LogP contribution in [0.25, 0.3) is 0 Å². The molecule has 0 bridgehead atoms. The van der Waals surface area contributed by atoms with Crippen molar-refractivity contribution in [3.63, 3.8) is 0 Å². The first-order valence-corrected chi connectivity index (χ1v) is 7.14. The molecule has 0 fully saturated rings. The van der Waals surface area contributed by atoms with Crippen molar-refractivity contribution in [2.45, 2.75) is 58.1 Å². The second-order valence-corrected chi connectivity index (χ2v) is 6.37. The summed E-state index contributed by atoms with van der Waals surface area (Å²) in [5.74, 6) is 0.691. The maximum atomic E-state index is 13.1. The highest BCUT2D eigenvalue weighted by Gasteiger charge is 2.22. The molecule has 106 valence electrons. The zero-order valence-corrected chi connectivity index (χ0v) is 12.1. The molecule has 1 N–H and O–H groups in total. The zero-order valence-electron chi connectivity index (χ0n) is 12.1. The number of hydrogen-bond donors (Lipinski definition) is 1. The van der Waals surface area contributed by atoms with Gasteiger partial charge in [-0.1, -0.05) is 0 Å². The highest BCUT2D eigenvalue weighted by molar-refractivity contribution is 5.37. The van der Waals surface area contributed by atoms with Gasteiger partial charge in [0.25, 0.3) is 0 Å². The van der Waals surface area contributed by atoms with E-state index in [2.05, 4.69) is 26.1 Å². The lowest BCUT2D eigenvalue weighted by Crippen LogP contribution is -2.36. The van der Waals surface area contributed by atoms with Crippen LogP contribution in [0, 0.1) is 5.82 Å².